The van der Waals surface area contributed by atoms with Crippen molar-refractivity contribution in [2.45, 2.75) is 37.5 Å². The average molecular weight is 248 g/mol. The highest BCUT2D eigenvalue weighted by Crippen LogP contribution is 2.49. The number of aryl methyl sites for hydroxylation is 1. The van der Waals surface area contributed by atoms with E-state index in [1.165, 1.54) is 24.0 Å². The predicted octanol–water partition coefficient (Wildman–Crippen LogP) is 2.77. The molecule has 3 heteroatoms. The molecule has 0 spiro atoms. The third kappa shape index (κ3) is 2.91. The number of ether oxygens (including phenoxy) is 1. The average Bonchev–Trinajstić information content (AvgIpc) is 3.11. The van der Waals surface area contributed by atoms with Crippen LogP contribution in [0.4, 0.5) is 0 Å². The zero-order valence-electron chi connectivity index (χ0n) is 10.8. The molecule has 0 aliphatic heterocycles. The SMILES string of the molecule is COCC1(c2ccccc2CCCC(=O)O)CC1. The van der Waals surface area contributed by atoms with Crippen LogP contribution in [0.3, 0.4) is 0 Å². The van der Waals surface area contributed by atoms with Gasteiger partial charge in [-0.2, -0.15) is 0 Å². The molecular weight excluding hydrogens is 228 g/mol. The Kier molecular flexibility index (Phi) is 4.02. The third-order valence-electron chi connectivity index (χ3n) is 3.70. The maximum absolute atomic E-state index is 10.6. The molecule has 1 saturated carbocycles. The van der Waals surface area contributed by atoms with Gasteiger partial charge in [-0.1, -0.05) is 24.3 Å². The summed E-state index contributed by atoms with van der Waals surface area (Å²) in [5, 5.41) is 8.70. The highest BCUT2D eigenvalue weighted by Gasteiger charge is 2.45. The summed E-state index contributed by atoms with van der Waals surface area (Å²) in [5.74, 6) is -0.717. The summed E-state index contributed by atoms with van der Waals surface area (Å²) >= 11 is 0. The zero-order chi connectivity index (χ0) is 13.0. The topological polar surface area (TPSA) is 46.5 Å². The van der Waals surface area contributed by atoms with Crippen LogP contribution in [0.5, 0.6) is 0 Å². The number of methoxy groups -OCH3 is 1. The van der Waals surface area contributed by atoms with Gasteiger partial charge < -0.3 is 9.84 Å². The number of hydrogen-bond acceptors (Lipinski definition) is 2. The van der Waals surface area contributed by atoms with Gasteiger partial charge in [0.25, 0.3) is 0 Å². The fraction of sp³-hybridized carbons (Fsp3) is 0.533. The minimum absolute atomic E-state index is 0.203. The molecule has 2 rings (SSSR count). The van der Waals surface area contributed by atoms with Crippen LogP contribution >= 0.6 is 0 Å². The molecule has 1 aliphatic carbocycles. The minimum Gasteiger partial charge on any atom is -0.481 e. The van der Waals surface area contributed by atoms with Crippen molar-refractivity contribution < 1.29 is 14.6 Å². The molecule has 0 unspecified atom stereocenters. The summed E-state index contributed by atoms with van der Waals surface area (Å²) in [5.41, 5.74) is 2.85. The van der Waals surface area contributed by atoms with E-state index in [1.54, 1.807) is 7.11 Å². The first-order valence-electron chi connectivity index (χ1n) is 6.47. The van der Waals surface area contributed by atoms with E-state index in [-0.39, 0.29) is 11.8 Å². The smallest absolute Gasteiger partial charge is 0.303 e. The van der Waals surface area contributed by atoms with Crippen molar-refractivity contribution in [3.8, 4) is 0 Å². The molecule has 1 fully saturated rings. The summed E-state index contributed by atoms with van der Waals surface area (Å²) in [6.45, 7) is 0.767. The summed E-state index contributed by atoms with van der Waals surface area (Å²) in [7, 11) is 1.74. The molecule has 1 aromatic carbocycles. The molecule has 3 nitrogen and oxygen atoms in total. The maximum Gasteiger partial charge on any atom is 0.303 e. The van der Waals surface area contributed by atoms with Crippen LogP contribution in [-0.2, 0) is 21.4 Å². The maximum atomic E-state index is 10.6. The van der Waals surface area contributed by atoms with Gasteiger partial charge in [-0.05, 0) is 36.8 Å². The van der Waals surface area contributed by atoms with Crippen LogP contribution in [0.2, 0.25) is 0 Å². The van der Waals surface area contributed by atoms with Gasteiger partial charge in [-0.15, -0.1) is 0 Å². The van der Waals surface area contributed by atoms with Crippen LogP contribution in [0.25, 0.3) is 0 Å². The second kappa shape index (κ2) is 5.53. The van der Waals surface area contributed by atoms with Gasteiger partial charge >= 0.3 is 5.97 Å². The van der Waals surface area contributed by atoms with Gasteiger partial charge in [0.15, 0.2) is 0 Å². The molecule has 0 bridgehead atoms. The lowest BCUT2D eigenvalue weighted by atomic mass is 9.90. The van der Waals surface area contributed by atoms with Crippen LogP contribution in [-0.4, -0.2) is 24.8 Å². The Morgan fingerprint density at radius 3 is 2.72 bits per heavy atom. The number of benzene rings is 1. The number of hydrogen-bond donors (Lipinski definition) is 1. The third-order valence-corrected chi connectivity index (χ3v) is 3.70. The lowest BCUT2D eigenvalue weighted by molar-refractivity contribution is -0.137. The van der Waals surface area contributed by atoms with Crippen molar-refractivity contribution in [1.82, 2.24) is 0 Å². The summed E-state index contributed by atoms with van der Waals surface area (Å²) < 4.78 is 5.33. The quantitative estimate of drug-likeness (QED) is 0.807. The Balaban J connectivity index is 2.08. The molecule has 0 atom stereocenters. The molecule has 0 amide bonds. The van der Waals surface area contributed by atoms with Crippen LogP contribution in [0.15, 0.2) is 24.3 Å². The van der Waals surface area contributed by atoms with Crippen molar-refractivity contribution in [3.63, 3.8) is 0 Å². The van der Waals surface area contributed by atoms with Crippen molar-refractivity contribution in [1.29, 1.82) is 0 Å². The molecule has 18 heavy (non-hydrogen) atoms. The van der Waals surface area contributed by atoms with E-state index in [4.69, 9.17) is 9.84 Å². The van der Waals surface area contributed by atoms with Crippen LogP contribution < -0.4 is 0 Å². The summed E-state index contributed by atoms with van der Waals surface area (Å²) in [4.78, 5) is 10.6. The first kappa shape index (κ1) is 13.1. The van der Waals surface area contributed by atoms with E-state index < -0.39 is 5.97 Å². The lowest BCUT2D eigenvalue weighted by Crippen LogP contribution is -2.16. The van der Waals surface area contributed by atoms with E-state index in [0.717, 1.165) is 13.0 Å². The second-order valence-corrected chi connectivity index (χ2v) is 5.12. The Bertz CT molecular complexity index is 422. The van der Waals surface area contributed by atoms with Crippen molar-refractivity contribution >= 4 is 5.97 Å². The molecule has 1 aliphatic rings. The number of carboxylic acid groups (broad SMARTS) is 1. The molecule has 0 aromatic heterocycles. The van der Waals surface area contributed by atoms with Gasteiger partial charge in [0.1, 0.15) is 0 Å². The lowest BCUT2D eigenvalue weighted by Gasteiger charge is -2.18. The minimum atomic E-state index is -0.717. The van der Waals surface area contributed by atoms with Gasteiger partial charge in [-0.25, -0.2) is 0 Å². The van der Waals surface area contributed by atoms with Crippen LogP contribution in [0.1, 0.15) is 36.8 Å². The van der Waals surface area contributed by atoms with E-state index in [2.05, 4.69) is 18.2 Å². The molecule has 0 heterocycles. The predicted molar refractivity (Wildman–Crippen MR) is 69.8 cm³/mol. The molecule has 1 aromatic rings. The zero-order valence-corrected chi connectivity index (χ0v) is 10.8. The standard InChI is InChI=1S/C15H20O3/c1-18-11-15(9-10-15)13-7-3-2-5-12(13)6-4-8-14(16)17/h2-3,5,7H,4,6,8-11H2,1H3,(H,16,17). The normalized spacial score (nSPS) is 16.5. The van der Waals surface area contributed by atoms with E-state index >= 15 is 0 Å². The van der Waals surface area contributed by atoms with Crippen molar-refractivity contribution in [3.05, 3.63) is 35.4 Å². The van der Waals surface area contributed by atoms with E-state index in [0.29, 0.717) is 6.42 Å². The van der Waals surface area contributed by atoms with Crippen molar-refractivity contribution in [2.24, 2.45) is 0 Å². The highest BCUT2D eigenvalue weighted by molar-refractivity contribution is 5.66. The van der Waals surface area contributed by atoms with E-state index in [9.17, 15) is 4.79 Å². The number of carboxylic acids is 1. The monoisotopic (exact) mass is 248 g/mol. The Morgan fingerprint density at radius 1 is 1.39 bits per heavy atom. The second-order valence-electron chi connectivity index (χ2n) is 5.12. The van der Waals surface area contributed by atoms with E-state index in [1.807, 2.05) is 6.07 Å². The highest BCUT2D eigenvalue weighted by atomic mass is 16.5. The number of carbonyl (C=O) groups is 1. The molecule has 0 saturated heterocycles. The summed E-state index contributed by atoms with van der Waals surface area (Å²) in [6.07, 6.45) is 4.14. The van der Waals surface area contributed by atoms with Crippen molar-refractivity contribution in [2.75, 3.05) is 13.7 Å². The molecule has 0 radical (unpaired) electrons. The van der Waals surface area contributed by atoms with Gasteiger partial charge in [0, 0.05) is 18.9 Å². The Morgan fingerprint density at radius 2 is 2.11 bits per heavy atom. The Labute approximate surface area is 108 Å². The molecule has 1 N–H and O–H groups in total. The fourth-order valence-corrected chi connectivity index (χ4v) is 2.60. The molecule has 98 valence electrons. The first-order valence-corrected chi connectivity index (χ1v) is 6.47. The fourth-order valence-electron chi connectivity index (χ4n) is 2.60. The number of aliphatic carboxylic acids is 1. The first-order chi connectivity index (χ1) is 8.68. The summed E-state index contributed by atoms with van der Waals surface area (Å²) in [6, 6.07) is 8.38. The van der Waals surface area contributed by atoms with Gasteiger partial charge in [-0.3, -0.25) is 4.79 Å². The van der Waals surface area contributed by atoms with Gasteiger partial charge in [0.2, 0.25) is 0 Å². The molecular formula is C15H20O3. The van der Waals surface area contributed by atoms with Gasteiger partial charge in [0.05, 0.1) is 6.61 Å². The number of rotatable bonds is 7. The Hall–Kier alpha value is -1.35. The largest absolute Gasteiger partial charge is 0.481 e. The van der Waals surface area contributed by atoms with Crippen LogP contribution in [0, 0.1) is 0 Å².